The first-order chi connectivity index (χ1) is 61.5. The van der Waals surface area contributed by atoms with Gasteiger partial charge in [-0.25, -0.2) is 18.8 Å². The third-order valence-corrected chi connectivity index (χ3v) is 27.2. The lowest BCUT2D eigenvalue weighted by atomic mass is 9.98. The van der Waals surface area contributed by atoms with Crippen LogP contribution in [0, 0.1) is 40.4 Å². The molecule has 3 aromatic carbocycles. The van der Waals surface area contributed by atoms with Crippen molar-refractivity contribution < 1.29 is 23.9 Å². The Morgan fingerprint density at radius 2 is 0.814 bits per heavy atom. The standard InChI is InChI=1S/2C33H39ClN8O2.C31H37FN6O3/c1-8-28(43)40-15-21(6)41(16-20(40)5)32-23-10-12-39(31-22(7)25(34)13-26-24(31)14-36-38-26)17-27(23)42(33(44)37-32)30-19(4)9-11-35-29(30)18(2)3;1-8-27(43)40-15-22(7)41(16-21(40)6)32-23-10-12-39(31-24-14-36-38-25(24)13-20(5)28(31)34)17-26(23)42(33(44)37-32)30-19(4)9-11-35-29(30)18(2)3;1-7-27(40)36-15-21(6)37(16-20(36)5)30-23-11-13-35(25-14-22(39)8-9-24(25)32)17-26(23)38(31(41)34-30)29-19(4)10-12-33-28(29)18(2)3/h8-9,11,13-14,18,20-21H,1,10,12,15-17H2,2-7H3,(H,36,38);8-9,11,13-14,18,21-22H,1,10,12,15-17H2,2-7H3,(H,36,38);7-10,12,14,18,20-21,39H,1,11,13,15-17H2,2-6H3/t20-,21+;21-,22+;20-,21+/m111/s1. The van der Waals surface area contributed by atoms with Gasteiger partial charge in [0.05, 0.1) is 116 Å². The number of carbonyl (C=O) groups is 3. The number of rotatable bonds is 15. The van der Waals surface area contributed by atoms with Gasteiger partial charge in [-0.3, -0.25) is 53.2 Å². The number of phenols is 1. The Balaban J connectivity index is 0.000000149. The van der Waals surface area contributed by atoms with Gasteiger partial charge in [-0.1, -0.05) is 84.5 Å². The zero-order chi connectivity index (χ0) is 92.5. The van der Waals surface area contributed by atoms with E-state index in [0.717, 1.165) is 123 Å². The van der Waals surface area contributed by atoms with Crippen LogP contribution in [0.5, 0.6) is 5.75 Å². The van der Waals surface area contributed by atoms with E-state index in [4.69, 9.17) is 43.1 Å². The fraction of sp³-hybridized carbons (Fsp3) is 0.423. The van der Waals surface area contributed by atoms with Crippen LogP contribution in [-0.4, -0.2) is 197 Å². The van der Waals surface area contributed by atoms with Crippen LogP contribution in [0.25, 0.3) is 38.9 Å². The van der Waals surface area contributed by atoms with E-state index in [1.165, 1.54) is 36.4 Å². The van der Waals surface area contributed by atoms with Gasteiger partial charge in [-0.05, 0) is 202 Å². The summed E-state index contributed by atoms with van der Waals surface area (Å²) >= 11 is 13.7. The van der Waals surface area contributed by atoms with E-state index < -0.39 is 11.5 Å². The highest BCUT2D eigenvalue weighted by Crippen LogP contribution is 2.45. The molecule has 29 nitrogen and oxygen atoms in total. The van der Waals surface area contributed by atoms with Gasteiger partial charge in [0, 0.05) is 152 Å². The monoisotopic (exact) mass is 1790 g/mol. The Bertz CT molecular complexity index is 6200. The van der Waals surface area contributed by atoms with Gasteiger partial charge in [0.15, 0.2) is 0 Å². The molecule has 0 saturated carbocycles. The molecule has 0 radical (unpaired) electrons. The Morgan fingerprint density at radius 3 is 1.19 bits per heavy atom. The van der Waals surface area contributed by atoms with Gasteiger partial charge in [0.1, 0.15) is 29.0 Å². The van der Waals surface area contributed by atoms with Crippen molar-refractivity contribution in [2.24, 2.45) is 0 Å². The molecule has 0 aliphatic carbocycles. The Labute approximate surface area is 760 Å². The quantitative estimate of drug-likeness (QED) is 0.0803. The molecule has 129 heavy (non-hydrogen) atoms. The van der Waals surface area contributed by atoms with Gasteiger partial charge in [0.25, 0.3) is 0 Å². The molecule has 676 valence electrons. The van der Waals surface area contributed by atoms with Crippen molar-refractivity contribution in [2.75, 3.05) is 88.3 Å². The first kappa shape index (κ1) is 91.2. The van der Waals surface area contributed by atoms with Gasteiger partial charge >= 0.3 is 17.1 Å². The molecule has 11 aromatic rings. The molecule has 0 unspecified atom stereocenters. The number of H-pyrrole nitrogens is 2. The van der Waals surface area contributed by atoms with E-state index in [-0.39, 0.29) is 101 Å². The predicted octanol–water partition coefficient (Wildman–Crippen LogP) is 14.2. The zero-order valence-electron chi connectivity index (χ0n) is 76.6. The number of hydrogen-bond donors (Lipinski definition) is 3. The van der Waals surface area contributed by atoms with Crippen LogP contribution in [0.1, 0.15) is 180 Å². The second-order valence-electron chi connectivity index (χ2n) is 36.1. The number of pyridine rings is 3. The van der Waals surface area contributed by atoms with Crippen LogP contribution in [0.4, 0.5) is 38.9 Å². The largest absolute Gasteiger partial charge is 0.508 e. The summed E-state index contributed by atoms with van der Waals surface area (Å²) < 4.78 is 20.2. The van der Waals surface area contributed by atoms with Crippen LogP contribution < -0.4 is 46.5 Å². The molecule has 6 aliphatic heterocycles. The summed E-state index contributed by atoms with van der Waals surface area (Å²) in [5.74, 6) is 1.49. The molecule has 6 aliphatic rings. The number of anilines is 6. The number of nitrogens with one attached hydrogen (secondary N) is 2. The smallest absolute Gasteiger partial charge is 0.354 e. The molecule has 6 atom stereocenters. The van der Waals surface area contributed by atoms with E-state index in [1.807, 2.05) is 134 Å². The maximum Gasteiger partial charge on any atom is 0.354 e. The molecule has 17 rings (SSSR count). The highest BCUT2D eigenvalue weighted by molar-refractivity contribution is 6.36. The molecule has 8 aromatic heterocycles. The molecule has 3 N–H and O–H groups in total. The summed E-state index contributed by atoms with van der Waals surface area (Å²) in [5, 5.41) is 28.1. The Kier molecular flexibility index (Phi) is 26.1. The summed E-state index contributed by atoms with van der Waals surface area (Å²) in [6, 6.07) is 13.3. The lowest BCUT2D eigenvalue weighted by Crippen LogP contribution is -2.58. The number of aromatic amines is 2. The predicted molar refractivity (Wildman–Crippen MR) is 508 cm³/mol. The van der Waals surface area contributed by atoms with Crippen molar-refractivity contribution in [2.45, 2.75) is 211 Å². The van der Waals surface area contributed by atoms with Gasteiger partial charge < -0.3 is 49.2 Å². The SMILES string of the molecule is C=CC(=O)N1C[C@H](C)N(c2nc(=O)n(-c3c(C)ccnc3C(C)C)c3c2CCN(c2c(C)c(Cl)cc4[nH]ncc24)C3)C[C@H]1C.C=CC(=O)N1C[C@H](C)N(c2nc(=O)n(-c3c(C)ccnc3C(C)C)c3c2CCN(c2c(Cl)c(C)cc4[nH]ncc24)C3)C[C@H]1C.C=CC(=O)N1C[C@H](C)N(c2nc(=O)n(-c3c(C)ccnc3C(C)C)c3c2CCN(c2cc(O)ccc2F)C3)C[C@H]1C. The molecule has 3 amide bonds. The summed E-state index contributed by atoms with van der Waals surface area (Å²) in [6.45, 7) is 51.9. The number of hydrogen-bond acceptors (Lipinski definition) is 21. The fourth-order valence-corrected chi connectivity index (χ4v) is 20.2. The number of aromatic hydroxyl groups is 1. The minimum absolute atomic E-state index is 0.0278. The van der Waals surface area contributed by atoms with Crippen molar-refractivity contribution in [3.05, 3.63) is 243 Å². The van der Waals surface area contributed by atoms with Crippen LogP contribution in [0.15, 0.2) is 132 Å². The minimum atomic E-state index is -0.444. The van der Waals surface area contributed by atoms with Crippen molar-refractivity contribution in [1.29, 1.82) is 0 Å². The lowest BCUT2D eigenvalue weighted by Gasteiger charge is -2.45. The van der Waals surface area contributed by atoms with E-state index in [9.17, 15) is 38.3 Å². The number of benzene rings is 3. The van der Waals surface area contributed by atoms with Crippen LogP contribution in [0.3, 0.4) is 0 Å². The van der Waals surface area contributed by atoms with Crippen molar-refractivity contribution in [1.82, 2.24) is 78.7 Å². The second kappa shape index (κ2) is 36.9. The first-order valence-electron chi connectivity index (χ1n) is 44.4. The normalized spacial score (nSPS) is 18.8. The molecular weight excluding hydrogens is 1680 g/mol. The molecule has 14 heterocycles. The van der Waals surface area contributed by atoms with E-state index in [1.54, 1.807) is 37.2 Å². The number of aryl methyl sites for hydroxylation is 4. The van der Waals surface area contributed by atoms with Crippen LogP contribution in [-0.2, 0) is 53.3 Å². The molecule has 32 heteroatoms. The average molecular weight is 1790 g/mol. The second-order valence-corrected chi connectivity index (χ2v) is 36.9. The fourth-order valence-electron chi connectivity index (χ4n) is 19.7. The number of nitrogens with zero attached hydrogens (tertiary/aromatic N) is 20. The molecule has 3 saturated heterocycles. The number of amides is 3. The number of piperazine rings is 3. The Morgan fingerprint density at radius 1 is 0.465 bits per heavy atom. The number of phenolic OH excluding ortho intramolecular Hbond substituents is 1. The Hall–Kier alpha value is -12.6. The van der Waals surface area contributed by atoms with Crippen molar-refractivity contribution in [3.63, 3.8) is 0 Å². The molecule has 3 fully saturated rings. The summed E-state index contributed by atoms with van der Waals surface area (Å²) in [7, 11) is 0. The number of aromatic nitrogens is 13. The third kappa shape index (κ3) is 17.0. The number of carbonyl (C=O) groups excluding carboxylic acids is 3. The first-order valence-corrected chi connectivity index (χ1v) is 45.2. The van der Waals surface area contributed by atoms with E-state index >= 15 is 0 Å². The van der Waals surface area contributed by atoms with E-state index in [0.29, 0.717) is 124 Å². The average Bonchev–Trinajstić information content (AvgIpc) is 1.04. The van der Waals surface area contributed by atoms with Crippen LogP contribution >= 0.6 is 23.2 Å². The highest BCUT2D eigenvalue weighted by atomic mass is 35.5. The van der Waals surface area contributed by atoms with Crippen molar-refractivity contribution in [3.8, 4) is 22.8 Å². The summed E-state index contributed by atoms with van der Waals surface area (Å²) in [5.41, 5.74) is 17.9. The maximum atomic E-state index is 15.0. The summed E-state index contributed by atoms with van der Waals surface area (Å²) in [6.07, 6.45) is 14.9. The molecule has 0 bridgehead atoms. The highest BCUT2D eigenvalue weighted by Gasteiger charge is 2.42. The molecular formula is C97H115Cl2FN22O7. The van der Waals surface area contributed by atoms with Gasteiger partial charge in [-0.2, -0.15) is 25.1 Å². The van der Waals surface area contributed by atoms with Crippen LogP contribution in [0.2, 0.25) is 10.0 Å². The van der Waals surface area contributed by atoms with Gasteiger partial charge in [-0.15, -0.1) is 0 Å². The number of halogens is 3. The zero-order valence-corrected chi connectivity index (χ0v) is 78.1. The molecule has 0 spiro atoms. The number of fused-ring (bicyclic) bond motifs is 5. The van der Waals surface area contributed by atoms with E-state index in [2.05, 4.69) is 116 Å². The lowest BCUT2D eigenvalue weighted by molar-refractivity contribution is -0.129. The summed E-state index contributed by atoms with van der Waals surface area (Å²) in [4.78, 5) is 127. The minimum Gasteiger partial charge on any atom is -0.508 e. The maximum absolute atomic E-state index is 15.0. The van der Waals surface area contributed by atoms with Gasteiger partial charge in [0.2, 0.25) is 17.7 Å². The topological polar surface area (TPSA) is 301 Å². The third-order valence-electron chi connectivity index (χ3n) is 26.3. The van der Waals surface area contributed by atoms with Crippen molar-refractivity contribution >= 4 is 97.2 Å².